The van der Waals surface area contributed by atoms with Crippen molar-refractivity contribution in [2.45, 2.75) is 25.9 Å². The highest BCUT2D eigenvalue weighted by Crippen LogP contribution is 2.36. The average molecular weight is 214 g/mol. The Balaban J connectivity index is 2.11. The van der Waals surface area contributed by atoms with E-state index >= 15 is 0 Å². The number of nitrogens with zero attached hydrogens (tertiary/aromatic N) is 1. The molecule has 2 N–H and O–H groups in total. The molecule has 1 heterocycles. The van der Waals surface area contributed by atoms with E-state index in [4.69, 9.17) is 0 Å². The van der Waals surface area contributed by atoms with E-state index in [1.165, 1.54) is 5.56 Å². The predicted octanol–water partition coefficient (Wildman–Crippen LogP) is 2.36. The van der Waals surface area contributed by atoms with E-state index in [2.05, 4.69) is 41.4 Å². The van der Waals surface area contributed by atoms with Gasteiger partial charge in [-0.05, 0) is 19.8 Å². The first-order chi connectivity index (χ1) is 7.75. The number of aryl methyl sites for hydroxylation is 2. The van der Waals surface area contributed by atoms with Crippen molar-refractivity contribution in [2.75, 3.05) is 0 Å². The number of benzene rings is 1. The second kappa shape index (κ2) is 3.46. The third-order valence-corrected chi connectivity index (χ3v) is 3.21. The normalized spacial score (nSPS) is 18.8. The summed E-state index contributed by atoms with van der Waals surface area (Å²) in [5, 5.41) is 17.2. The maximum atomic E-state index is 9.91. The van der Waals surface area contributed by atoms with Gasteiger partial charge in [0.2, 0.25) is 0 Å². The van der Waals surface area contributed by atoms with E-state index < -0.39 is 0 Å². The van der Waals surface area contributed by atoms with Gasteiger partial charge in [0, 0.05) is 16.8 Å². The number of fused-ring (bicyclic) bond motifs is 1. The van der Waals surface area contributed by atoms with Crippen LogP contribution in [0.2, 0.25) is 0 Å². The van der Waals surface area contributed by atoms with E-state index in [0.717, 1.165) is 35.4 Å². The predicted molar refractivity (Wildman–Crippen MR) is 62.0 cm³/mol. The number of aromatic amines is 1. The molecule has 2 aromatic rings. The molecule has 0 radical (unpaired) electrons. The summed E-state index contributed by atoms with van der Waals surface area (Å²) in [6.45, 7) is 2.06. The fourth-order valence-electron chi connectivity index (χ4n) is 2.29. The minimum absolute atomic E-state index is 0.356. The van der Waals surface area contributed by atoms with Crippen LogP contribution < -0.4 is 0 Å². The Kier molecular flexibility index (Phi) is 2.07. The molecular weight excluding hydrogens is 200 g/mol. The minimum atomic E-state index is -0.356. The third-order valence-electron chi connectivity index (χ3n) is 3.21. The highest BCUT2D eigenvalue weighted by molar-refractivity contribution is 5.65. The summed E-state index contributed by atoms with van der Waals surface area (Å²) < 4.78 is 0. The summed E-state index contributed by atoms with van der Waals surface area (Å²) in [4.78, 5) is 0. The SMILES string of the molecule is Cc1ccc(-c2n[nH]c3c2C(O)CC3)cc1. The molecule has 1 aliphatic carbocycles. The van der Waals surface area contributed by atoms with Crippen molar-refractivity contribution in [2.24, 2.45) is 0 Å². The zero-order valence-electron chi connectivity index (χ0n) is 9.20. The van der Waals surface area contributed by atoms with Gasteiger partial charge < -0.3 is 5.11 Å². The quantitative estimate of drug-likeness (QED) is 0.765. The van der Waals surface area contributed by atoms with Gasteiger partial charge in [-0.2, -0.15) is 5.10 Å². The molecule has 0 aliphatic heterocycles. The molecule has 0 saturated carbocycles. The van der Waals surface area contributed by atoms with Gasteiger partial charge in [0.25, 0.3) is 0 Å². The molecule has 1 aromatic carbocycles. The smallest absolute Gasteiger partial charge is 0.0981 e. The molecule has 1 atom stereocenters. The van der Waals surface area contributed by atoms with Crippen LogP contribution in [0.4, 0.5) is 0 Å². The van der Waals surface area contributed by atoms with Crippen molar-refractivity contribution in [1.82, 2.24) is 10.2 Å². The van der Waals surface area contributed by atoms with Crippen LogP contribution in [0.25, 0.3) is 11.3 Å². The monoisotopic (exact) mass is 214 g/mol. The first-order valence-corrected chi connectivity index (χ1v) is 5.58. The molecular formula is C13H14N2O. The van der Waals surface area contributed by atoms with Gasteiger partial charge in [-0.25, -0.2) is 0 Å². The van der Waals surface area contributed by atoms with Crippen LogP contribution in [-0.2, 0) is 6.42 Å². The van der Waals surface area contributed by atoms with Crippen LogP contribution in [0.5, 0.6) is 0 Å². The fraction of sp³-hybridized carbons (Fsp3) is 0.308. The summed E-state index contributed by atoms with van der Waals surface area (Å²) in [6.07, 6.45) is 1.35. The summed E-state index contributed by atoms with van der Waals surface area (Å²) >= 11 is 0. The second-order valence-electron chi connectivity index (χ2n) is 4.38. The lowest BCUT2D eigenvalue weighted by Crippen LogP contribution is -1.92. The Hall–Kier alpha value is -1.61. The summed E-state index contributed by atoms with van der Waals surface area (Å²) in [6, 6.07) is 8.24. The van der Waals surface area contributed by atoms with Gasteiger partial charge >= 0.3 is 0 Å². The van der Waals surface area contributed by atoms with E-state index in [9.17, 15) is 5.11 Å². The maximum absolute atomic E-state index is 9.91. The zero-order valence-corrected chi connectivity index (χ0v) is 9.20. The lowest BCUT2D eigenvalue weighted by Gasteiger charge is -2.04. The summed E-state index contributed by atoms with van der Waals surface area (Å²) in [5.74, 6) is 0. The average Bonchev–Trinajstić information content (AvgIpc) is 2.84. The van der Waals surface area contributed by atoms with E-state index in [1.807, 2.05) is 0 Å². The lowest BCUT2D eigenvalue weighted by molar-refractivity contribution is 0.180. The molecule has 1 aromatic heterocycles. The topological polar surface area (TPSA) is 48.9 Å². The second-order valence-corrected chi connectivity index (χ2v) is 4.38. The molecule has 3 nitrogen and oxygen atoms in total. The van der Waals surface area contributed by atoms with E-state index in [0.29, 0.717) is 0 Å². The number of aliphatic hydroxyl groups excluding tert-OH is 1. The molecule has 16 heavy (non-hydrogen) atoms. The number of H-pyrrole nitrogens is 1. The third kappa shape index (κ3) is 1.36. The Morgan fingerprint density at radius 2 is 2.06 bits per heavy atom. The number of aliphatic hydroxyl groups is 1. The number of nitrogens with one attached hydrogen (secondary N) is 1. The molecule has 0 amide bonds. The standard InChI is InChI=1S/C13H14N2O/c1-8-2-4-9(5-3-8)13-12-10(14-15-13)6-7-11(12)16/h2-5,11,16H,6-7H2,1H3,(H,14,15). The van der Waals surface area contributed by atoms with Crippen molar-refractivity contribution >= 4 is 0 Å². The molecule has 1 unspecified atom stereocenters. The molecule has 0 fully saturated rings. The van der Waals surface area contributed by atoms with Crippen LogP contribution in [0.15, 0.2) is 24.3 Å². The Bertz CT molecular complexity index is 513. The van der Waals surface area contributed by atoms with E-state index in [1.54, 1.807) is 0 Å². The molecule has 0 spiro atoms. The molecule has 0 saturated heterocycles. The molecule has 82 valence electrons. The zero-order chi connectivity index (χ0) is 11.1. The Morgan fingerprint density at radius 3 is 2.81 bits per heavy atom. The number of hydrogen-bond donors (Lipinski definition) is 2. The van der Waals surface area contributed by atoms with Crippen LogP contribution in [0, 0.1) is 6.92 Å². The Labute approximate surface area is 94.1 Å². The van der Waals surface area contributed by atoms with Crippen molar-refractivity contribution in [3.63, 3.8) is 0 Å². The summed E-state index contributed by atoms with van der Waals surface area (Å²) in [7, 11) is 0. The number of hydrogen-bond acceptors (Lipinski definition) is 2. The largest absolute Gasteiger partial charge is 0.388 e. The lowest BCUT2D eigenvalue weighted by atomic mass is 10.0. The van der Waals surface area contributed by atoms with Gasteiger partial charge in [-0.1, -0.05) is 29.8 Å². The van der Waals surface area contributed by atoms with Crippen LogP contribution in [0.1, 0.15) is 29.3 Å². The summed E-state index contributed by atoms with van der Waals surface area (Å²) in [5.41, 5.74) is 5.28. The van der Waals surface area contributed by atoms with Crippen molar-refractivity contribution in [3.05, 3.63) is 41.1 Å². The maximum Gasteiger partial charge on any atom is 0.0981 e. The minimum Gasteiger partial charge on any atom is -0.388 e. The highest BCUT2D eigenvalue weighted by atomic mass is 16.3. The number of rotatable bonds is 1. The van der Waals surface area contributed by atoms with Crippen molar-refractivity contribution < 1.29 is 5.11 Å². The van der Waals surface area contributed by atoms with Crippen LogP contribution in [0.3, 0.4) is 0 Å². The van der Waals surface area contributed by atoms with Gasteiger partial charge in [-0.3, -0.25) is 5.10 Å². The van der Waals surface area contributed by atoms with Crippen LogP contribution >= 0.6 is 0 Å². The van der Waals surface area contributed by atoms with Crippen molar-refractivity contribution in [1.29, 1.82) is 0 Å². The fourth-order valence-corrected chi connectivity index (χ4v) is 2.29. The Morgan fingerprint density at radius 1 is 1.31 bits per heavy atom. The van der Waals surface area contributed by atoms with Gasteiger partial charge in [-0.15, -0.1) is 0 Å². The molecule has 3 rings (SSSR count). The first kappa shape index (κ1) is 9.60. The van der Waals surface area contributed by atoms with Gasteiger partial charge in [0.1, 0.15) is 0 Å². The number of aromatic nitrogens is 2. The molecule has 0 bridgehead atoms. The van der Waals surface area contributed by atoms with E-state index in [-0.39, 0.29) is 6.10 Å². The highest BCUT2D eigenvalue weighted by Gasteiger charge is 2.27. The molecule has 1 aliphatic rings. The first-order valence-electron chi connectivity index (χ1n) is 5.58. The van der Waals surface area contributed by atoms with Crippen LogP contribution in [-0.4, -0.2) is 15.3 Å². The van der Waals surface area contributed by atoms with Gasteiger partial charge in [0.05, 0.1) is 11.8 Å². The van der Waals surface area contributed by atoms with Crippen molar-refractivity contribution in [3.8, 4) is 11.3 Å². The van der Waals surface area contributed by atoms with Gasteiger partial charge in [0.15, 0.2) is 0 Å². The molecule has 3 heteroatoms.